The van der Waals surface area contributed by atoms with E-state index in [2.05, 4.69) is 38.3 Å². The van der Waals surface area contributed by atoms with Crippen LogP contribution in [0, 0.1) is 0 Å². The van der Waals surface area contributed by atoms with E-state index >= 15 is 0 Å². The molecule has 2 rings (SSSR count). The van der Waals surface area contributed by atoms with Gasteiger partial charge in [0, 0.05) is 24.5 Å². The summed E-state index contributed by atoms with van der Waals surface area (Å²) in [5.74, 6) is 0. The van der Waals surface area contributed by atoms with Crippen molar-refractivity contribution in [2.24, 2.45) is 0 Å². The first kappa shape index (κ1) is 12.7. The molecule has 0 fully saturated rings. The minimum absolute atomic E-state index is 0.103. The molecular formula is C14H21NOS. The lowest BCUT2D eigenvalue weighted by atomic mass is 10.1. The van der Waals surface area contributed by atoms with E-state index in [0.717, 1.165) is 31.1 Å². The van der Waals surface area contributed by atoms with Crippen LogP contribution >= 0.6 is 11.3 Å². The third-order valence-electron chi connectivity index (χ3n) is 2.72. The van der Waals surface area contributed by atoms with Crippen LogP contribution in [0.15, 0.2) is 18.7 Å². The first-order valence-corrected chi connectivity index (χ1v) is 6.93. The fraction of sp³-hybridized carbons (Fsp3) is 0.571. The van der Waals surface area contributed by atoms with E-state index in [0.29, 0.717) is 0 Å². The molecule has 94 valence electrons. The van der Waals surface area contributed by atoms with Gasteiger partial charge < -0.3 is 4.74 Å². The molecule has 2 nitrogen and oxygen atoms in total. The van der Waals surface area contributed by atoms with Crippen LogP contribution in [0.25, 0.3) is 0 Å². The fourth-order valence-electron chi connectivity index (χ4n) is 2.05. The van der Waals surface area contributed by atoms with Crippen molar-refractivity contribution in [3.05, 3.63) is 29.2 Å². The van der Waals surface area contributed by atoms with Crippen molar-refractivity contribution in [3.8, 4) is 5.06 Å². The van der Waals surface area contributed by atoms with Gasteiger partial charge in [-0.15, -0.1) is 17.9 Å². The number of hydrogen-bond donors (Lipinski definition) is 0. The Hall–Kier alpha value is -0.800. The van der Waals surface area contributed by atoms with Crippen LogP contribution in [0.2, 0.25) is 0 Å². The Bertz CT molecular complexity index is 403. The van der Waals surface area contributed by atoms with Crippen molar-refractivity contribution in [1.29, 1.82) is 0 Å². The topological polar surface area (TPSA) is 12.5 Å². The molecule has 0 atom stereocenters. The Kier molecular flexibility index (Phi) is 3.59. The van der Waals surface area contributed by atoms with Crippen LogP contribution in [0.4, 0.5) is 0 Å². The summed E-state index contributed by atoms with van der Waals surface area (Å²) in [5, 5.41) is 1.06. The zero-order valence-corrected chi connectivity index (χ0v) is 11.8. The molecule has 0 spiro atoms. The van der Waals surface area contributed by atoms with E-state index in [-0.39, 0.29) is 5.60 Å². The monoisotopic (exact) mass is 251 g/mol. The zero-order valence-electron chi connectivity index (χ0n) is 11.0. The minimum Gasteiger partial charge on any atom is -0.479 e. The first-order chi connectivity index (χ1) is 7.98. The van der Waals surface area contributed by atoms with Gasteiger partial charge in [0.25, 0.3) is 0 Å². The first-order valence-electron chi connectivity index (χ1n) is 6.12. The van der Waals surface area contributed by atoms with Gasteiger partial charge in [-0.2, -0.15) is 0 Å². The van der Waals surface area contributed by atoms with Crippen LogP contribution < -0.4 is 4.74 Å². The molecule has 0 bridgehead atoms. The third kappa shape index (κ3) is 3.33. The Morgan fingerprint density at radius 3 is 2.94 bits per heavy atom. The van der Waals surface area contributed by atoms with Gasteiger partial charge >= 0.3 is 0 Å². The summed E-state index contributed by atoms with van der Waals surface area (Å²) in [4.78, 5) is 3.91. The maximum atomic E-state index is 5.93. The predicted octanol–water partition coefficient (Wildman–Crippen LogP) is 3.47. The molecule has 0 amide bonds. The van der Waals surface area contributed by atoms with Gasteiger partial charge in [0.2, 0.25) is 0 Å². The van der Waals surface area contributed by atoms with Crippen molar-refractivity contribution in [2.45, 2.75) is 39.3 Å². The Morgan fingerprint density at radius 1 is 1.53 bits per heavy atom. The number of ether oxygens (including phenoxy) is 1. The molecule has 0 unspecified atom stereocenters. The van der Waals surface area contributed by atoms with E-state index in [9.17, 15) is 0 Å². The van der Waals surface area contributed by atoms with Crippen LogP contribution in [0.3, 0.4) is 0 Å². The molecule has 1 aliphatic heterocycles. The van der Waals surface area contributed by atoms with Gasteiger partial charge in [0.1, 0.15) is 5.60 Å². The largest absolute Gasteiger partial charge is 0.479 e. The van der Waals surface area contributed by atoms with Crippen molar-refractivity contribution in [3.63, 3.8) is 0 Å². The molecule has 0 saturated heterocycles. The van der Waals surface area contributed by atoms with E-state index in [1.165, 1.54) is 10.4 Å². The van der Waals surface area contributed by atoms with E-state index in [1.807, 2.05) is 17.4 Å². The lowest BCUT2D eigenvalue weighted by molar-refractivity contribution is 0.136. The summed E-state index contributed by atoms with van der Waals surface area (Å²) in [6, 6.07) is 2.21. The molecule has 17 heavy (non-hydrogen) atoms. The van der Waals surface area contributed by atoms with Crippen LogP contribution in [0.1, 0.15) is 31.2 Å². The second kappa shape index (κ2) is 4.83. The van der Waals surface area contributed by atoms with E-state index in [4.69, 9.17) is 4.74 Å². The molecule has 2 heterocycles. The lowest BCUT2D eigenvalue weighted by Gasteiger charge is -2.24. The van der Waals surface area contributed by atoms with Crippen LogP contribution in [-0.4, -0.2) is 23.6 Å². The summed E-state index contributed by atoms with van der Waals surface area (Å²) >= 11 is 1.81. The van der Waals surface area contributed by atoms with Gasteiger partial charge in [-0.1, -0.05) is 6.08 Å². The Morgan fingerprint density at radius 2 is 2.29 bits per heavy atom. The van der Waals surface area contributed by atoms with Gasteiger partial charge in [-0.05, 0) is 38.8 Å². The maximum absolute atomic E-state index is 5.93. The second-order valence-corrected chi connectivity index (χ2v) is 6.60. The smallest absolute Gasteiger partial charge is 0.175 e. The number of hydrogen-bond acceptors (Lipinski definition) is 3. The van der Waals surface area contributed by atoms with Gasteiger partial charge in [0.05, 0.1) is 0 Å². The molecule has 1 aliphatic rings. The zero-order chi connectivity index (χ0) is 12.5. The summed E-state index contributed by atoms with van der Waals surface area (Å²) in [6.45, 7) is 13.2. The summed E-state index contributed by atoms with van der Waals surface area (Å²) in [5.41, 5.74) is 1.33. The molecule has 1 aromatic heterocycles. The van der Waals surface area contributed by atoms with E-state index < -0.39 is 0 Å². The fourth-order valence-corrected chi connectivity index (χ4v) is 3.24. The second-order valence-electron chi connectivity index (χ2n) is 5.50. The highest BCUT2D eigenvalue weighted by atomic mass is 32.1. The molecule has 0 radical (unpaired) electrons. The Labute approximate surface area is 108 Å². The quantitative estimate of drug-likeness (QED) is 0.763. The van der Waals surface area contributed by atoms with Crippen molar-refractivity contribution in [2.75, 3.05) is 13.1 Å². The molecule has 0 N–H and O–H groups in total. The normalized spacial score (nSPS) is 16.6. The third-order valence-corrected chi connectivity index (χ3v) is 3.83. The summed E-state index contributed by atoms with van der Waals surface area (Å²) < 4.78 is 5.93. The van der Waals surface area contributed by atoms with Crippen LogP contribution in [0.5, 0.6) is 5.06 Å². The highest BCUT2D eigenvalue weighted by Gasteiger charge is 2.21. The van der Waals surface area contributed by atoms with Gasteiger partial charge in [-0.25, -0.2) is 0 Å². The molecule has 0 aromatic carbocycles. The Balaban J connectivity index is 2.09. The number of thiophene rings is 1. The number of rotatable bonds is 3. The number of nitrogens with zero attached hydrogens (tertiary/aromatic N) is 1. The molecule has 0 saturated carbocycles. The van der Waals surface area contributed by atoms with Crippen molar-refractivity contribution < 1.29 is 4.74 Å². The van der Waals surface area contributed by atoms with Gasteiger partial charge in [0.15, 0.2) is 5.06 Å². The summed E-state index contributed by atoms with van der Waals surface area (Å²) in [7, 11) is 0. The van der Waals surface area contributed by atoms with Crippen molar-refractivity contribution in [1.82, 2.24) is 4.90 Å². The summed E-state index contributed by atoms with van der Waals surface area (Å²) in [6.07, 6.45) is 3.12. The molecule has 0 aliphatic carbocycles. The lowest BCUT2D eigenvalue weighted by Crippen LogP contribution is -2.29. The molecular weight excluding hydrogens is 230 g/mol. The van der Waals surface area contributed by atoms with E-state index in [1.54, 1.807) is 0 Å². The SMILES string of the molecule is C=CCN1CCc2sc(OC(C)(C)C)cc2C1. The standard InChI is InChI=1S/C14H21NOS/c1-5-7-15-8-6-12-11(10-15)9-13(17-12)16-14(2,3)4/h5,9H,1,6-8,10H2,2-4H3. The predicted molar refractivity (Wildman–Crippen MR) is 73.9 cm³/mol. The molecule has 1 aromatic rings. The average molecular weight is 251 g/mol. The highest BCUT2D eigenvalue weighted by Crippen LogP contribution is 2.35. The maximum Gasteiger partial charge on any atom is 0.175 e. The highest BCUT2D eigenvalue weighted by molar-refractivity contribution is 7.14. The average Bonchev–Trinajstić information content (AvgIpc) is 2.56. The van der Waals surface area contributed by atoms with Gasteiger partial charge in [-0.3, -0.25) is 4.90 Å². The number of fused-ring (bicyclic) bond motifs is 1. The molecule has 3 heteroatoms. The van der Waals surface area contributed by atoms with Crippen molar-refractivity contribution >= 4 is 11.3 Å². The van der Waals surface area contributed by atoms with Crippen LogP contribution in [-0.2, 0) is 13.0 Å². The minimum atomic E-state index is -0.103.